The molecular weight excluding hydrogens is 430 g/mol. The Morgan fingerprint density at radius 1 is 1.06 bits per heavy atom. The van der Waals surface area contributed by atoms with E-state index < -0.39 is 0 Å². The zero-order valence-corrected chi connectivity index (χ0v) is 19.0. The molecule has 0 radical (unpaired) electrons. The smallest absolute Gasteiger partial charge is 0.269 e. The molecule has 3 heterocycles. The Labute approximate surface area is 196 Å². The monoisotopic (exact) mass is 453 g/mol. The first kappa shape index (κ1) is 21.3. The van der Waals surface area contributed by atoms with Crippen LogP contribution in [0.1, 0.15) is 16.1 Å². The lowest BCUT2D eigenvalue weighted by molar-refractivity contribution is 0.0958. The van der Waals surface area contributed by atoms with E-state index in [0.717, 1.165) is 33.4 Å². The topological polar surface area (TPSA) is 94.2 Å². The standard InChI is InChI=1S/C26H23N5O3/c1-16-4-5-18(12-21(16)17-9-11-33-15-17)29-26-30-22-13-19(6-7-24(22)31(26)3)34-20-8-10-28-23(14-20)25(32)27-2/h4-15H,1-3H3,(H,27,32)(H,29,30). The van der Waals surface area contributed by atoms with Crippen molar-refractivity contribution >= 4 is 28.6 Å². The molecule has 2 aromatic carbocycles. The van der Waals surface area contributed by atoms with Gasteiger partial charge in [0.15, 0.2) is 0 Å². The van der Waals surface area contributed by atoms with Gasteiger partial charge in [-0.25, -0.2) is 4.98 Å². The van der Waals surface area contributed by atoms with Gasteiger partial charge in [0, 0.05) is 43.7 Å². The molecule has 8 nitrogen and oxygen atoms in total. The summed E-state index contributed by atoms with van der Waals surface area (Å²) in [7, 11) is 3.52. The van der Waals surface area contributed by atoms with Crippen LogP contribution in [0.4, 0.5) is 11.6 Å². The Morgan fingerprint density at radius 3 is 2.71 bits per heavy atom. The van der Waals surface area contributed by atoms with Gasteiger partial charge in [0.2, 0.25) is 5.95 Å². The number of furan rings is 1. The van der Waals surface area contributed by atoms with Crippen LogP contribution in [-0.4, -0.2) is 27.5 Å². The van der Waals surface area contributed by atoms with Gasteiger partial charge in [-0.3, -0.25) is 9.78 Å². The second-order valence-electron chi connectivity index (χ2n) is 7.87. The van der Waals surface area contributed by atoms with Gasteiger partial charge in [0.05, 0.1) is 23.6 Å². The third-order valence-electron chi connectivity index (χ3n) is 5.60. The van der Waals surface area contributed by atoms with Gasteiger partial charge >= 0.3 is 0 Å². The summed E-state index contributed by atoms with van der Waals surface area (Å²) in [5.41, 5.74) is 6.25. The third-order valence-corrected chi connectivity index (χ3v) is 5.60. The quantitative estimate of drug-likeness (QED) is 0.356. The minimum absolute atomic E-state index is 0.270. The maximum Gasteiger partial charge on any atom is 0.269 e. The third kappa shape index (κ3) is 4.09. The van der Waals surface area contributed by atoms with Crippen molar-refractivity contribution in [2.24, 2.45) is 7.05 Å². The fourth-order valence-electron chi connectivity index (χ4n) is 3.78. The molecule has 170 valence electrons. The lowest BCUT2D eigenvalue weighted by atomic mass is 10.0. The maximum absolute atomic E-state index is 11.8. The number of nitrogens with one attached hydrogen (secondary N) is 2. The summed E-state index contributed by atoms with van der Waals surface area (Å²) >= 11 is 0. The average molecular weight is 454 g/mol. The molecule has 3 aromatic heterocycles. The molecule has 0 bridgehead atoms. The minimum atomic E-state index is -0.270. The van der Waals surface area contributed by atoms with E-state index in [9.17, 15) is 4.79 Å². The number of rotatable bonds is 6. The zero-order chi connectivity index (χ0) is 23.7. The molecule has 0 aliphatic rings. The highest BCUT2D eigenvalue weighted by Gasteiger charge is 2.12. The Bertz CT molecular complexity index is 1490. The number of aromatic nitrogens is 3. The Hall–Kier alpha value is -4.59. The molecule has 0 unspecified atom stereocenters. The summed E-state index contributed by atoms with van der Waals surface area (Å²) in [4.78, 5) is 20.7. The second-order valence-corrected chi connectivity index (χ2v) is 7.87. The molecule has 0 saturated carbocycles. The van der Waals surface area contributed by atoms with Crippen LogP contribution in [0.15, 0.2) is 77.7 Å². The summed E-state index contributed by atoms with van der Waals surface area (Å²) < 4.78 is 13.2. The second kappa shape index (κ2) is 8.74. The number of nitrogens with zero attached hydrogens (tertiary/aromatic N) is 3. The van der Waals surface area contributed by atoms with E-state index in [4.69, 9.17) is 14.1 Å². The first-order valence-corrected chi connectivity index (χ1v) is 10.7. The number of aryl methyl sites for hydroxylation is 2. The van der Waals surface area contributed by atoms with Crippen molar-refractivity contribution in [2.45, 2.75) is 6.92 Å². The van der Waals surface area contributed by atoms with E-state index in [0.29, 0.717) is 23.1 Å². The summed E-state index contributed by atoms with van der Waals surface area (Å²) in [6.45, 7) is 2.07. The van der Waals surface area contributed by atoms with Gasteiger partial charge in [-0.15, -0.1) is 0 Å². The van der Waals surface area contributed by atoms with Gasteiger partial charge in [-0.2, -0.15) is 0 Å². The molecular formula is C26H23N5O3. The predicted octanol–water partition coefficient (Wildman–Crippen LogP) is 5.43. The number of anilines is 2. The molecule has 2 N–H and O–H groups in total. The van der Waals surface area contributed by atoms with E-state index in [1.807, 2.05) is 41.9 Å². The van der Waals surface area contributed by atoms with Gasteiger partial charge in [0.25, 0.3) is 5.91 Å². The van der Waals surface area contributed by atoms with Crippen LogP contribution in [0.25, 0.3) is 22.2 Å². The van der Waals surface area contributed by atoms with E-state index >= 15 is 0 Å². The molecule has 0 aliphatic heterocycles. The summed E-state index contributed by atoms with van der Waals surface area (Å²) in [5.74, 6) is 1.57. The lowest BCUT2D eigenvalue weighted by Gasteiger charge is -2.10. The maximum atomic E-state index is 11.8. The van der Waals surface area contributed by atoms with Crippen LogP contribution in [0, 0.1) is 6.92 Å². The molecule has 5 aromatic rings. The fraction of sp³-hybridized carbons (Fsp3) is 0.115. The number of ether oxygens (including phenoxy) is 1. The number of carbonyl (C=O) groups excluding carboxylic acids is 1. The lowest BCUT2D eigenvalue weighted by Crippen LogP contribution is -2.18. The number of hydrogen-bond acceptors (Lipinski definition) is 6. The molecule has 34 heavy (non-hydrogen) atoms. The van der Waals surface area contributed by atoms with E-state index in [1.165, 1.54) is 0 Å². The highest BCUT2D eigenvalue weighted by atomic mass is 16.5. The van der Waals surface area contributed by atoms with Crippen LogP contribution in [-0.2, 0) is 7.05 Å². The van der Waals surface area contributed by atoms with Crippen molar-refractivity contribution in [3.05, 3.63) is 84.6 Å². The number of benzene rings is 2. The Balaban J connectivity index is 1.41. The van der Waals surface area contributed by atoms with Crippen molar-refractivity contribution < 1.29 is 13.9 Å². The molecule has 0 atom stereocenters. The largest absolute Gasteiger partial charge is 0.472 e. The van der Waals surface area contributed by atoms with Crippen molar-refractivity contribution in [3.8, 4) is 22.6 Å². The Kier molecular flexibility index (Phi) is 5.47. The molecule has 0 aliphatic carbocycles. The number of carbonyl (C=O) groups is 1. The first-order chi connectivity index (χ1) is 16.5. The highest BCUT2D eigenvalue weighted by Crippen LogP contribution is 2.31. The van der Waals surface area contributed by atoms with Crippen LogP contribution >= 0.6 is 0 Å². The van der Waals surface area contributed by atoms with Crippen molar-refractivity contribution in [3.63, 3.8) is 0 Å². The summed E-state index contributed by atoms with van der Waals surface area (Å²) in [6, 6.07) is 17.1. The van der Waals surface area contributed by atoms with Gasteiger partial charge in [-0.1, -0.05) is 6.07 Å². The zero-order valence-electron chi connectivity index (χ0n) is 19.0. The normalized spacial score (nSPS) is 10.9. The van der Waals surface area contributed by atoms with Gasteiger partial charge in [0.1, 0.15) is 17.2 Å². The number of imidazole rings is 1. The van der Waals surface area contributed by atoms with Crippen LogP contribution in [0.5, 0.6) is 11.5 Å². The minimum Gasteiger partial charge on any atom is -0.472 e. The van der Waals surface area contributed by atoms with E-state index in [1.54, 1.807) is 37.9 Å². The van der Waals surface area contributed by atoms with Crippen molar-refractivity contribution in [2.75, 3.05) is 12.4 Å². The average Bonchev–Trinajstić information content (AvgIpc) is 3.48. The first-order valence-electron chi connectivity index (χ1n) is 10.7. The summed E-state index contributed by atoms with van der Waals surface area (Å²) in [5, 5.41) is 5.97. The van der Waals surface area contributed by atoms with Gasteiger partial charge < -0.3 is 24.4 Å². The van der Waals surface area contributed by atoms with Crippen molar-refractivity contribution in [1.29, 1.82) is 0 Å². The molecule has 5 rings (SSSR count). The molecule has 0 fully saturated rings. The van der Waals surface area contributed by atoms with Crippen LogP contribution in [0.3, 0.4) is 0 Å². The number of hydrogen-bond donors (Lipinski definition) is 2. The summed E-state index contributed by atoms with van der Waals surface area (Å²) in [6.07, 6.45) is 4.95. The van der Waals surface area contributed by atoms with Gasteiger partial charge in [-0.05, 0) is 54.4 Å². The molecule has 0 spiro atoms. The Morgan fingerprint density at radius 2 is 1.91 bits per heavy atom. The van der Waals surface area contributed by atoms with Crippen molar-refractivity contribution in [1.82, 2.24) is 19.9 Å². The van der Waals surface area contributed by atoms with E-state index in [2.05, 4.69) is 34.7 Å². The number of pyridine rings is 1. The molecule has 0 saturated heterocycles. The SMILES string of the molecule is CNC(=O)c1cc(Oc2ccc3c(c2)nc(Nc2ccc(C)c(-c4ccoc4)c2)n3C)ccn1. The fourth-order valence-corrected chi connectivity index (χ4v) is 3.78. The number of fused-ring (bicyclic) bond motifs is 1. The molecule has 8 heteroatoms. The van der Waals surface area contributed by atoms with E-state index in [-0.39, 0.29) is 5.91 Å². The molecule has 1 amide bonds. The predicted molar refractivity (Wildman–Crippen MR) is 131 cm³/mol. The van der Waals surface area contributed by atoms with Crippen LogP contribution in [0.2, 0.25) is 0 Å². The van der Waals surface area contributed by atoms with Crippen LogP contribution < -0.4 is 15.4 Å². The number of amides is 1. The highest BCUT2D eigenvalue weighted by molar-refractivity contribution is 5.92.